The Morgan fingerprint density at radius 2 is 2.00 bits per heavy atom. The maximum atomic E-state index is 11.2. The van der Waals surface area contributed by atoms with Gasteiger partial charge in [0.05, 0.1) is 5.56 Å². The van der Waals surface area contributed by atoms with Crippen molar-refractivity contribution >= 4 is 22.4 Å². The maximum absolute atomic E-state index is 11.2. The van der Waals surface area contributed by atoms with Gasteiger partial charge in [0.25, 0.3) is 0 Å². The van der Waals surface area contributed by atoms with Crippen molar-refractivity contribution in [3.63, 3.8) is 0 Å². The highest BCUT2D eigenvalue weighted by Gasteiger charge is 2.17. The average Bonchev–Trinajstić information content (AvgIpc) is 3.14. The Morgan fingerprint density at radius 3 is 2.83 bits per heavy atom. The van der Waals surface area contributed by atoms with E-state index in [-0.39, 0.29) is 0 Å². The minimum atomic E-state index is -0.893. The summed E-state index contributed by atoms with van der Waals surface area (Å²) in [5.74, 6) is -0.546. The van der Waals surface area contributed by atoms with Gasteiger partial charge < -0.3 is 20.5 Å². The highest BCUT2D eigenvalue weighted by Crippen LogP contribution is 2.30. The number of carboxylic acids is 1. The zero-order valence-corrected chi connectivity index (χ0v) is 16.3. The van der Waals surface area contributed by atoms with E-state index in [1.54, 1.807) is 18.2 Å². The van der Waals surface area contributed by atoms with Crippen LogP contribution in [-0.4, -0.2) is 33.8 Å². The van der Waals surface area contributed by atoms with Gasteiger partial charge >= 0.3 is 5.97 Å². The molecule has 1 aliphatic rings. The standard InChI is InChI=1S/C24H26N2O3/c27-23-8-4-3-7-20(23)16-11-12-25-19(13-16)6-2-1-5-18-15-26-22-10-9-17(24(28)29)14-21(18)22/h3-4,7-11,14-15,19,25-27H,1-2,5-6,12-13H2,(H,28,29). The highest BCUT2D eigenvalue weighted by molar-refractivity contribution is 5.94. The van der Waals surface area contributed by atoms with E-state index in [2.05, 4.69) is 16.4 Å². The van der Waals surface area contributed by atoms with Crippen LogP contribution in [0.3, 0.4) is 0 Å². The van der Waals surface area contributed by atoms with E-state index in [1.165, 1.54) is 11.1 Å². The molecule has 1 aliphatic heterocycles. The van der Waals surface area contributed by atoms with Crippen molar-refractivity contribution in [3.8, 4) is 5.75 Å². The number of rotatable bonds is 7. The zero-order chi connectivity index (χ0) is 20.2. The van der Waals surface area contributed by atoms with E-state index in [9.17, 15) is 15.0 Å². The van der Waals surface area contributed by atoms with Crippen LogP contribution in [0.4, 0.5) is 0 Å². The summed E-state index contributed by atoms with van der Waals surface area (Å²) in [4.78, 5) is 14.5. The number of carbonyl (C=O) groups is 1. The third-order valence-corrected chi connectivity index (χ3v) is 5.73. The van der Waals surface area contributed by atoms with Crippen LogP contribution in [0, 0.1) is 0 Å². The summed E-state index contributed by atoms with van der Waals surface area (Å²) in [7, 11) is 0. The monoisotopic (exact) mass is 390 g/mol. The SMILES string of the molecule is O=C(O)c1ccc2[nH]cc(CCCCC3CC(c4ccccc4O)=CCN3)c2c1. The summed E-state index contributed by atoms with van der Waals surface area (Å²) < 4.78 is 0. The fraction of sp³-hybridized carbons (Fsp3) is 0.292. The first kappa shape index (κ1) is 19.3. The van der Waals surface area contributed by atoms with Crippen molar-refractivity contribution in [1.29, 1.82) is 0 Å². The molecule has 4 N–H and O–H groups in total. The van der Waals surface area contributed by atoms with Gasteiger partial charge in [-0.2, -0.15) is 0 Å². The number of fused-ring (bicyclic) bond motifs is 1. The summed E-state index contributed by atoms with van der Waals surface area (Å²) in [6.07, 6.45) is 9.24. The number of unbranched alkanes of at least 4 members (excludes halogenated alkanes) is 1. The zero-order valence-electron chi connectivity index (χ0n) is 16.3. The van der Waals surface area contributed by atoms with Crippen LogP contribution in [0.5, 0.6) is 5.75 Å². The Labute approximate surface area is 170 Å². The number of aromatic carboxylic acids is 1. The van der Waals surface area contributed by atoms with Gasteiger partial charge in [-0.05, 0) is 61.1 Å². The van der Waals surface area contributed by atoms with E-state index >= 15 is 0 Å². The summed E-state index contributed by atoms with van der Waals surface area (Å²) in [5, 5.41) is 23.9. The number of aromatic nitrogens is 1. The van der Waals surface area contributed by atoms with Crippen LogP contribution in [0.2, 0.25) is 0 Å². The number of nitrogens with one attached hydrogen (secondary N) is 2. The predicted molar refractivity (Wildman–Crippen MR) is 115 cm³/mol. The molecule has 5 heteroatoms. The normalized spacial score (nSPS) is 16.7. The molecule has 0 bridgehead atoms. The number of aromatic amines is 1. The number of para-hydroxylation sites is 1. The van der Waals surface area contributed by atoms with Crippen LogP contribution in [0.15, 0.2) is 54.7 Å². The van der Waals surface area contributed by atoms with Gasteiger partial charge in [-0.25, -0.2) is 4.79 Å². The van der Waals surface area contributed by atoms with Crippen LogP contribution >= 0.6 is 0 Å². The van der Waals surface area contributed by atoms with E-state index in [1.807, 2.05) is 30.5 Å². The molecule has 4 rings (SSSR count). The summed E-state index contributed by atoms with van der Waals surface area (Å²) in [5.41, 5.74) is 4.64. The number of aromatic hydroxyl groups is 1. The Bertz CT molecular complexity index is 1050. The minimum absolute atomic E-state index is 0.327. The van der Waals surface area contributed by atoms with Gasteiger partial charge in [0.1, 0.15) is 5.75 Å². The lowest BCUT2D eigenvalue weighted by molar-refractivity contribution is 0.0697. The topological polar surface area (TPSA) is 85.3 Å². The molecule has 0 spiro atoms. The number of H-pyrrole nitrogens is 1. The lowest BCUT2D eigenvalue weighted by Gasteiger charge is -2.25. The Hall–Kier alpha value is -3.05. The third-order valence-electron chi connectivity index (χ3n) is 5.73. The van der Waals surface area contributed by atoms with E-state index in [4.69, 9.17) is 0 Å². The smallest absolute Gasteiger partial charge is 0.335 e. The first-order valence-electron chi connectivity index (χ1n) is 10.2. The second-order valence-corrected chi connectivity index (χ2v) is 7.68. The first-order chi connectivity index (χ1) is 14.1. The molecule has 29 heavy (non-hydrogen) atoms. The predicted octanol–water partition coefficient (Wildman–Crippen LogP) is 4.73. The molecule has 150 valence electrons. The van der Waals surface area contributed by atoms with Gasteiger partial charge in [-0.1, -0.05) is 30.7 Å². The first-order valence-corrected chi connectivity index (χ1v) is 10.2. The van der Waals surface area contributed by atoms with Crippen molar-refractivity contribution < 1.29 is 15.0 Å². The number of carboxylic acid groups (broad SMARTS) is 1. The summed E-state index contributed by atoms with van der Waals surface area (Å²) in [6.45, 7) is 0.828. The number of hydrogen-bond donors (Lipinski definition) is 4. The molecule has 0 saturated carbocycles. The van der Waals surface area contributed by atoms with E-state index < -0.39 is 5.97 Å². The molecule has 5 nitrogen and oxygen atoms in total. The fourth-order valence-corrected chi connectivity index (χ4v) is 4.16. The van der Waals surface area contributed by atoms with Crippen molar-refractivity contribution in [3.05, 3.63) is 71.4 Å². The van der Waals surface area contributed by atoms with Gasteiger partial charge in [-0.3, -0.25) is 0 Å². The van der Waals surface area contributed by atoms with Gasteiger partial charge in [0.15, 0.2) is 0 Å². The van der Waals surface area contributed by atoms with Gasteiger partial charge in [-0.15, -0.1) is 0 Å². The van der Waals surface area contributed by atoms with Crippen LogP contribution in [0.25, 0.3) is 16.5 Å². The van der Waals surface area contributed by atoms with E-state index in [0.29, 0.717) is 17.4 Å². The van der Waals surface area contributed by atoms with Crippen molar-refractivity contribution in [2.24, 2.45) is 0 Å². The van der Waals surface area contributed by atoms with Crippen LogP contribution < -0.4 is 5.32 Å². The molecule has 1 unspecified atom stereocenters. The lowest BCUT2D eigenvalue weighted by Crippen LogP contribution is -2.32. The molecular weight excluding hydrogens is 364 g/mol. The number of benzene rings is 2. The lowest BCUT2D eigenvalue weighted by atomic mass is 9.92. The molecule has 0 saturated heterocycles. The molecule has 0 aliphatic carbocycles. The third kappa shape index (κ3) is 4.35. The van der Waals surface area contributed by atoms with E-state index in [0.717, 1.165) is 55.1 Å². The summed E-state index contributed by atoms with van der Waals surface area (Å²) >= 11 is 0. The molecule has 2 aromatic carbocycles. The van der Waals surface area contributed by atoms with Crippen LogP contribution in [0.1, 0.15) is 47.2 Å². The molecule has 0 radical (unpaired) electrons. The Balaban J connectivity index is 1.32. The number of aryl methyl sites for hydroxylation is 1. The van der Waals surface area contributed by atoms with Crippen molar-refractivity contribution in [2.45, 2.75) is 38.1 Å². The highest BCUT2D eigenvalue weighted by atomic mass is 16.4. The van der Waals surface area contributed by atoms with Gasteiger partial charge in [0, 0.05) is 35.2 Å². The van der Waals surface area contributed by atoms with Crippen molar-refractivity contribution in [2.75, 3.05) is 6.54 Å². The fourth-order valence-electron chi connectivity index (χ4n) is 4.16. The van der Waals surface area contributed by atoms with Crippen LogP contribution in [-0.2, 0) is 6.42 Å². The molecule has 3 aromatic rings. The second kappa shape index (κ2) is 8.53. The Morgan fingerprint density at radius 1 is 1.14 bits per heavy atom. The largest absolute Gasteiger partial charge is 0.507 e. The second-order valence-electron chi connectivity index (χ2n) is 7.68. The number of phenolic OH excluding ortho intramolecular Hbond substituents is 1. The maximum Gasteiger partial charge on any atom is 0.335 e. The van der Waals surface area contributed by atoms with Crippen molar-refractivity contribution in [1.82, 2.24) is 10.3 Å². The number of phenols is 1. The molecule has 0 amide bonds. The molecule has 1 atom stereocenters. The minimum Gasteiger partial charge on any atom is -0.507 e. The number of hydrogen-bond acceptors (Lipinski definition) is 3. The average molecular weight is 390 g/mol. The summed E-state index contributed by atoms with van der Waals surface area (Å²) in [6, 6.07) is 13.2. The Kier molecular flexibility index (Phi) is 5.67. The van der Waals surface area contributed by atoms with Gasteiger partial charge in [0.2, 0.25) is 0 Å². The quantitative estimate of drug-likeness (QED) is 0.439. The molecular formula is C24H26N2O3. The molecule has 1 aromatic heterocycles. The molecule has 0 fully saturated rings. The molecule has 2 heterocycles.